The van der Waals surface area contributed by atoms with Crippen LogP contribution in [0.5, 0.6) is 0 Å². The first-order chi connectivity index (χ1) is 4.62. The molecule has 0 N–H and O–H groups in total. The van der Waals surface area contributed by atoms with Crippen LogP contribution in [0.3, 0.4) is 0 Å². The van der Waals surface area contributed by atoms with E-state index in [0.29, 0.717) is 0 Å². The molecule has 0 rings (SSSR count). The first-order valence-corrected chi connectivity index (χ1v) is 6.93. The minimum atomic E-state index is -7.04. The molecule has 0 radical (unpaired) electrons. The molecule has 9 heteroatoms. The van der Waals surface area contributed by atoms with E-state index in [-0.39, 0.29) is 0 Å². The molecule has 0 unspecified atom stereocenters. The third-order valence-electron chi connectivity index (χ3n) is 0.473. The normalized spacial score (nSPS) is 16.7. The Bertz CT molecular complexity index is 260. The molecule has 0 saturated heterocycles. The molecule has 2 nitrogen and oxygen atoms in total. The number of rotatable bonds is 2. The van der Waals surface area contributed by atoms with Crippen LogP contribution < -0.4 is 0 Å². The summed E-state index contributed by atoms with van der Waals surface area (Å²) >= 11 is 17.1. The fraction of sp³-hybridized carbons (Fsp3) is 0. The van der Waals surface area contributed by atoms with Crippen molar-refractivity contribution in [3.05, 3.63) is 0 Å². The summed E-state index contributed by atoms with van der Waals surface area (Å²) in [6.45, 7) is 0. The van der Waals surface area contributed by atoms with Gasteiger partial charge in [-0.05, 0) is 0 Å². The number of thiocarbonyl (C=S) groups is 2. The first kappa shape index (κ1) is 11.5. The number of hydrogen-bond acceptors (Lipinski definition) is 4. The van der Waals surface area contributed by atoms with E-state index in [9.17, 15) is 8.39 Å². The Morgan fingerprint density at radius 3 is 1.55 bits per heavy atom. The zero-order chi connectivity index (χ0) is 9.24. The maximum atomic E-state index is 12.9. The molecule has 0 bridgehead atoms. The quantitative estimate of drug-likeness (QED) is 0.420. The second kappa shape index (κ2) is 2.48. The van der Waals surface area contributed by atoms with Crippen molar-refractivity contribution in [3.63, 3.8) is 0 Å². The summed E-state index contributed by atoms with van der Waals surface area (Å²) in [6.07, 6.45) is 0. The number of isothiocyanates is 2. The minimum absolute atomic E-state index is 1.35. The van der Waals surface area contributed by atoms with E-state index in [1.165, 1.54) is 10.3 Å². The van der Waals surface area contributed by atoms with Crippen LogP contribution in [0.25, 0.3) is 0 Å². The van der Waals surface area contributed by atoms with Gasteiger partial charge in [0.2, 0.25) is 0 Å². The van der Waals surface area contributed by atoms with E-state index in [0.717, 1.165) is 0 Å². The molecule has 64 valence electrons. The van der Waals surface area contributed by atoms with Crippen LogP contribution >= 0.6 is 52.5 Å². The van der Waals surface area contributed by atoms with Gasteiger partial charge in [0.15, 0.2) is 0 Å². The second-order valence-electron chi connectivity index (χ2n) is 1.46. The number of hydrogen-bond donors (Lipinski definition) is 0. The zero-order valence-electron chi connectivity index (χ0n) is 4.67. The topological polar surface area (TPSA) is 24.7 Å². The standard InChI is InChI=1S/C2Cl2F2N2PS2/c3-9(4,5,6,7-1-10)8-2-11/q-1. The van der Waals surface area contributed by atoms with Crippen LogP contribution in [-0.2, 0) is 0 Å². The van der Waals surface area contributed by atoms with Gasteiger partial charge < -0.3 is 0 Å². The van der Waals surface area contributed by atoms with Crippen LogP contribution in [0, 0.1) is 0 Å². The molecule has 0 aliphatic heterocycles. The molecule has 0 amide bonds. The average Bonchev–Trinajstić information content (AvgIpc) is 1.59. The summed E-state index contributed by atoms with van der Waals surface area (Å²) in [4.78, 5) is 0. The predicted octanol–water partition coefficient (Wildman–Crippen LogP) is 4.19. The fourth-order valence-electron chi connectivity index (χ4n) is 0.182. The molecule has 0 saturated carbocycles. The molecule has 0 atom stereocenters. The Hall–Kier alpha value is 0.470. The second-order valence-corrected chi connectivity index (χ2v) is 9.26. The van der Waals surface area contributed by atoms with Gasteiger partial charge >= 0.3 is 80.7 Å². The summed E-state index contributed by atoms with van der Waals surface area (Å²) in [5.74, 6) is 0. The molecule has 0 spiro atoms. The molecule has 11 heavy (non-hydrogen) atoms. The van der Waals surface area contributed by atoms with Gasteiger partial charge in [-0.15, -0.1) is 0 Å². The van der Waals surface area contributed by atoms with Crippen LogP contribution in [0.15, 0.2) is 9.53 Å². The van der Waals surface area contributed by atoms with E-state index in [1.54, 1.807) is 0 Å². The molecule has 0 aromatic heterocycles. The Kier molecular flexibility index (Phi) is 2.58. The van der Waals surface area contributed by atoms with Crippen molar-refractivity contribution in [3.8, 4) is 0 Å². The van der Waals surface area contributed by atoms with Gasteiger partial charge in [-0.2, -0.15) is 0 Å². The molecule has 0 aromatic carbocycles. The van der Waals surface area contributed by atoms with Crippen molar-refractivity contribution >= 4 is 62.8 Å². The first-order valence-electron chi connectivity index (χ1n) is 1.93. The Balaban J connectivity index is 5.54. The van der Waals surface area contributed by atoms with Crippen molar-refractivity contribution in [1.82, 2.24) is 0 Å². The zero-order valence-corrected chi connectivity index (χ0v) is 8.71. The van der Waals surface area contributed by atoms with Crippen molar-refractivity contribution in [2.45, 2.75) is 0 Å². The summed E-state index contributed by atoms with van der Waals surface area (Å²) in [6, 6.07) is 0. The van der Waals surface area contributed by atoms with Crippen LogP contribution in [0.4, 0.5) is 8.39 Å². The van der Waals surface area contributed by atoms with Gasteiger partial charge in [-0.1, -0.05) is 0 Å². The molecular formula is C2Cl2F2N2PS2-. The third-order valence-corrected chi connectivity index (χ3v) is 2.82. The van der Waals surface area contributed by atoms with E-state index in [2.05, 4.69) is 56.4 Å². The average molecular weight is 256 g/mol. The van der Waals surface area contributed by atoms with Gasteiger partial charge in [0.1, 0.15) is 0 Å². The summed E-state index contributed by atoms with van der Waals surface area (Å²) in [5.41, 5.74) is -7.04. The van der Waals surface area contributed by atoms with Gasteiger partial charge in [0.25, 0.3) is 0 Å². The van der Waals surface area contributed by atoms with E-state index >= 15 is 0 Å². The van der Waals surface area contributed by atoms with Gasteiger partial charge in [0, 0.05) is 0 Å². The van der Waals surface area contributed by atoms with Crippen LogP contribution in [-0.4, -0.2) is 10.3 Å². The summed E-state index contributed by atoms with van der Waals surface area (Å²) < 4.78 is 30.4. The molecule has 0 aromatic rings. The maximum absolute atomic E-state index is 12.9. The number of nitrogens with zero attached hydrogens (tertiary/aromatic N) is 2. The van der Waals surface area contributed by atoms with Crippen molar-refractivity contribution in [2.75, 3.05) is 0 Å². The van der Waals surface area contributed by atoms with Crippen LogP contribution in [0.2, 0.25) is 0 Å². The SMILES string of the molecule is F[P-](F)(Cl)(Cl)(N=C=S)N=C=S. The summed E-state index contributed by atoms with van der Waals surface area (Å²) in [7, 11) is 0. The molecule has 0 heterocycles. The Morgan fingerprint density at radius 2 is 1.36 bits per heavy atom. The van der Waals surface area contributed by atoms with E-state index in [4.69, 9.17) is 0 Å². The monoisotopic (exact) mass is 255 g/mol. The molecule has 0 fully saturated rings. The Labute approximate surface area is 80.7 Å². The predicted molar refractivity (Wildman–Crippen MR) is 50.9 cm³/mol. The van der Waals surface area contributed by atoms with Crippen molar-refractivity contribution in [2.24, 2.45) is 9.53 Å². The van der Waals surface area contributed by atoms with Crippen molar-refractivity contribution < 1.29 is 8.39 Å². The Morgan fingerprint density at radius 1 is 1.09 bits per heavy atom. The van der Waals surface area contributed by atoms with E-state index in [1.807, 2.05) is 0 Å². The van der Waals surface area contributed by atoms with Crippen molar-refractivity contribution in [1.29, 1.82) is 0 Å². The third kappa shape index (κ3) is 4.83. The summed E-state index contributed by atoms with van der Waals surface area (Å²) in [5, 5.41) is 2.70. The molecule has 0 aliphatic carbocycles. The van der Waals surface area contributed by atoms with E-state index < -0.39 is 5.57 Å². The van der Waals surface area contributed by atoms with Gasteiger partial charge in [-0.25, -0.2) is 0 Å². The molecule has 0 aliphatic rings. The van der Waals surface area contributed by atoms with Crippen LogP contribution in [0.1, 0.15) is 0 Å². The fourth-order valence-corrected chi connectivity index (χ4v) is 2.62. The van der Waals surface area contributed by atoms with Gasteiger partial charge in [-0.3, -0.25) is 0 Å². The number of halogens is 4. The molecular weight excluding hydrogens is 256 g/mol. The van der Waals surface area contributed by atoms with Gasteiger partial charge in [0.05, 0.1) is 0 Å².